The van der Waals surface area contributed by atoms with Crippen molar-refractivity contribution in [3.8, 4) is 6.07 Å². The molecule has 2 aromatic carbocycles. The molecule has 0 bridgehead atoms. The van der Waals surface area contributed by atoms with Crippen LogP contribution in [0.2, 0.25) is 5.02 Å². The lowest BCUT2D eigenvalue weighted by molar-refractivity contribution is -0.122. The van der Waals surface area contributed by atoms with Crippen LogP contribution in [-0.2, 0) is 27.7 Å². The van der Waals surface area contributed by atoms with Crippen molar-refractivity contribution in [1.82, 2.24) is 14.5 Å². The largest absolute Gasteiger partial charge is 0.329 e. The number of hydrogen-bond acceptors (Lipinski definition) is 6. The minimum Gasteiger partial charge on any atom is -0.329 e. The quantitative estimate of drug-likeness (QED) is 0.461. The number of nitrogens with zero attached hydrogens (tertiary/aromatic N) is 5. The zero-order valence-corrected chi connectivity index (χ0v) is 20.9. The third-order valence-electron chi connectivity index (χ3n) is 6.09. The highest BCUT2D eigenvalue weighted by molar-refractivity contribution is 7.90. The van der Waals surface area contributed by atoms with Gasteiger partial charge in [0, 0.05) is 48.8 Å². The first-order valence-corrected chi connectivity index (χ1v) is 13.6. The first kappa shape index (κ1) is 24.9. The highest BCUT2D eigenvalue weighted by atomic mass is 35.5. The Morgan fingerprint density at radius 1 is 1.17 bits per heavy atom. The minimum atomic E-state index is -3.16. The second-order valence-electron chi connectivity index (χ2n) is 8.78. The standard InChI is InChI=1S/C25H26ClN5O3S/c1-35(33,34)10-9-23-16-31(22-4-2-3-21(26)11-22)25(32)17-29(23)15-24-13-28-18-30(24)14-20-7-5-19(12-27)6-8-20/h2-8,11,13,18,23H,9-10,14-17H2,1H3/t23-/m0/s1. The van der Waals surface area contributed by atoms with E-state index in [1.165, 1.54) is 6.26 Å². The van der Waals surface area contributed by atoms with Crippen LogP contribution in [0.1, 0.15) is 23.2 Å². The van der Waals surface area contributed by atoms with Gasteiger partial charge >= 0.3 is 0 Å². The number of imidazole rings is 1. The van der Waals surface area contributed by atoms with E-state index in [4.69, 9.17) is 16.9 Å². The van der Waals surface area contributed by atoms with Crippen LogP contribution < -0.4 is 4.90 Å². The number of amides is 1. The molecule has 0 aliphatic carbocycles. The second kappa shape index (κ2) is 10.6. The molecule has 1 amide bonds. The van der Waals surface area contributed by atoms with E-state index in [1.54, 1.807) is 47.8 Å². The third-order valence-corrected chi connectivity index (χ3v) is 7.30. The number of aromatic nitrogens is 2. The van der Waals surface area contributed by atoms with Crippen molar-refractivity contribution < 1.29 is 13.2 Å². The number of nitriles is 1. The minimum absolute atomic E-state index is 0.0379. The van der Waals surface area contributed by atoms with Gasteiger partial charge in [-0.05, 0) is 42.3 Å². The van der Waals surface area contributed by atoms with E-state index in [2.05, 4.69) is 11.1 Å². The lowest BCUT2D eigenvalue weighted by atomic mass is 10.1. The van der Waals surface area contributed by atoms with Gasteiger partial charge in [-0.1, -0.05) is 29.8 Å². The maximum absolute atomic E-state index is 13.1. The molecule has 0 radical (unpaired) electrons. The Kier molecular flexibility index (Phi) is 7.55. The topological polar surface area (TPSA) is 99.3 Å². The maximum atomic E-state index is 13.1. The summed E-state index contributed by atoms with van der Waals surface area (Å²) in [6.07, 6.45) is 5.15. The number of anilines is 1. The molecule has 0 saturated carbocycles. The average molecular weight is 512 g/mol. The number of carbonyl (C=O) groups excluding carboxylic acids is 1. The maximum Gasteiger partial charge on any atom is 0.241 e. The van der Waals surface area contributed by atoms with Crippen molar-refractivity contribution in [3.63, 3.8) is 0 Å². The molecule has 1 aromatic heterocycles. The van der Waals surface area contributed by atoms with Gasteiger partial charge in [0.25, 0.3) is 0 Å². The van der Waals surface area contributed by atoms with Crippen LogP contribution in [0.25, 0.3) is 0 Å². The number of sulfone groups is 1. The van der Waals surface area contributed by atoms with E-state index in [0.717, 1.165) is 11.3 Å². The lowest BCUT2D eigenvalue weighted by Crippen LogP contribution is -2.56. The van der Waals surface area contributed by atoms with Gasteiger partial charge in [0.1, 0.15) is 9.84 Å². The smallest absolute Gasteiger partial charge is 0.241 e. The molecule has 1 fully saturated rings. The highest BCUT2D eigenvalue weighted by Crippen LogP contribution is 2.26. The molecule has 1 atom stereocenters. The third kappa shape index (κ3) is 6.48. The molecule has 8 nitrogen and oxygen atoms in total. The fourth-order valence-corrected chi connectivity index (χ4v) is 5.12. The summed E-state index contributed by atoms with van der Waals surface area (Å²) in [6.45, 7) is 1.56. The van der Waals surface area contributed by atoms with Gasteiger partial charge in [0.05, 0.1) is 36.0 Å². The summed E-state index contributed by atoms with van der Waals surface area (Å²) in [4.78, 5) is 21.1. The molecule has 3 aromatic rings. The van der Waals surface area contributed by atoms with Gasteiger partial charge in [-0.25, -0.2) is 13.4 Å². The molecule has 2 heterocycles. The Morgan fingerprint density at radius 2 is 1.94 bits per heavy atom. The SMILES string of the molecule is CS(=O)(=O)CC[C@H]1CN(c2cccc(Cl)c2)C(=O)CN1Cc1cncn1Cc1ccc(C#N)cc1. The van der Waals surface area contributed by atoms with Gasteiger partial charge in [0.2, 0.25) is 5.91 Å². The Labute approximate surface area is 210 Å². The van der Waals surface area contributed by atoms with Crippen molar-refractivity contribution in [3.05, 3.63) is 82.9 Å². The van der Waals surface area contributed by atoms with Gasteiger partial charge in [-0.2, -0.15) is 5.26 Å². The van der Waals surface area contributed by atoms with E-state index < -0.39 is 9.84 Å². The molecular formula is C25H26ClN5O3S. The van der Waals surface area contributed by atoms with Crippen LogP contribution >= 0.6 is 11.6 Å². The van der Waals surface area contributed by atoms with Crippen LogP contribution in [0.4, 0.5) is 5.69 Å². The average Bonchev–Trinajstić information content (AvgIpc) is 3.25. The fraction of sp³-hybridized carbons (Fsp3) is 0.320. The zero-order valence-electron chi connectivity index (χ0n) is 19.3. The Balaban J connectivity index is 1.54. The van der Waals surface area contributed by atoms with Crippen LogP contribution in [0.15, 0.2) is 61.1 Å². The molecule has 182 valence electrons. The number of rotatable bonds is 8. The molecule has 4 rings (SSSR count). The van der Waals surface area contributed by atoms with Crippen molar-refractivity contribution in [2.45, 2.75) is 25.6 Å². The van der Waals surface area contributed by atoms with Crippen molar-refractivity contribution >= 4 is 33.0 Å². The molecule has 1 aliphatic heterocycles. The summed E-state index contributed by atoms with van der Waals surface area (Å²) in [5.74, 6) is -0.0305. The van der Waals surface area contributed by atoms with E-state index in [-0.39, 0.29) is 24.2 Å². The van der Waals surface area contributed by atoms with Gasteiger partial charge in [-0.15, -0.1) is 0 Å². The Hall–Kier alpha value is -3.19. The summed E-state index contributed by atoms with van der Waals surface area (Å²) in [6, 6.07) is 16.5. The van der Waals surface area contributed by atoms with E-state index in [9.17, 15) is 13.2 Å². The van der Waals surface area contributed by atoms with Crippen LogP contribution in [0.3, 0.4) is 0 Å². The molecule has 10 heteroatoms. The number of piperazine rings is 1. The first-order valence-electron chi connectivity index (χ1n) is 11.2. The summed E-state index contributed by atoms with van der Waals surface area (Å²) in [5, 5.41) is 9.55. The van der Waals surface area contributed by atoms with Gasteiger partial charge < -0.3 is 9.47 Å². The molecule has 1 saturated heterocycles. The summed E-state index contributed by atoms with van der Waals surface area (Å²) >= 11 is 6.14. The van der Waals surface area contributed by atoms with Crippen molar-refractivity contribution in [1.29, 1.82) is 5.26 Å². The second-order valence-corrected chi connectivity index (χ2v) is 11.5. The van der Waals surface area contributed by atoms with Crippen molar-refractivity contribution in [2.24, 2.45) is 0 Å². The van der Waals surface area contributed by atoms with E-state index in [1.807, 2.05) is 27.7 Å². The summed E-state index contributed by atoms with van der Waals surface area (Å²) in [5.41, 5.74) is 3.25. The predicted octanol–water partition coefficient (Wildman–Crippen LogP) is 3.11. The van der Waals surface area contributed by atoms with Crippen LogP contribution in [-0.4, -0.2) is 59.9 Å². The molecule has 0 N–H and O–H groups in total. The Bertz CT molecular complexity index is 1350. The van der Waals surface area contributed by atoms with Crippen LogP contribution in [0, 0.1) is 11.3 Å². The number of halogens is 1. The number of carbonyl (C=O) groups is 1. The normalized spacial score (nSPS) is 16.9. The van der Waals surface area contributed by atoms with Crippen LogP contribution in [0.5, 0.6) is 0 Å². The number of benzene rings is 2. The summed E-state index contributed by atoms with van der Waals surface area (Å²) in [7, 11) is -3.16. The Morgan fingerprint density at radius 3 is 2.63 bits per heavy atom. The predicted molar refractivity (Wildman–Crippen MR) is 135 cm³/mol. The lowest BCUT2D eigenvalue weighted by Gasteiger charge is -2.41. The fourth-order valence-electron chi connectivity index (χ4n) is 4.23. The first-order chi connectivity index (χ1) is 16.7. The molecule has 0 spiro atoms. The summed E-state index contributed by atoms with van der Waals surface area (Å²) < 4.78 is 25.8. The van der Waals surface area contributed by atoms with E-state index in [0.29, 0.717) is 42.3 Å². The molecular weight excluding hydrogens is 486 g/mol. The van der Waals surface area contributed by atoms with Gasteiger partial charge in [0.15, 0.2) is 0 Å². The molecule has 0 unspecified atom stereocenters. The number of hydrogen-bond donors (Lipinski definition) is 0. The highest BCUT2D eigenvalue weighted by Gasteiger charge is 2.33. The van der Waals surface area contributed by atoms with E-state index >= 15 is 0 Å². The van der Waals surface area contributed by atoms with Gasteiger partial charge in [-0.3, -0.25) is 9.69 Å². The zero-order chi connectivity index (χ0) is 25.0. The molecule has 1 aliphatic rings. The monoisotopic (exact) mass is 511 g/mol. The van der Waals surface area contributed by atoms with Crippen molar-refractivity contribution in [2.75, 3.05) is 30.0 Å². The molecule has 35 heavy (non-hydrogen) atoms.